The lowest BCUT2D eigenvalue weighted by Crippen LogP contribution is -2.47. The van der Waals surface area contributed by atoms with Gasteiger partial charge < -0.3 is 10.2 Å². The summed E-state index contributed by atoms with van der Waals surface area (Å²) in [6.07, 6.45) is 6.84. The molecule has 1 aliphatic carbocycles. The van der Waals surface area contributed by atoms with Gasteiger partial charge >= 0.3 is 0 Å². The number of benzene rings is 2. The van der Waals surface area contributed by atoms with Crippen molar-refractivity contribution < 1.29 is 9.59 Å². The summed E-state index contributed by atoms with van der Waals surface area (Å²) in [5, 5.41) is 7.83. The van der Waals surface area contributed by atoms with Crippen LogP contribution in [0.1, 0.15) is 114 Å². The highest BCUT2D eigenvalue weighted by molar-refractivity contribution is 6.47. The first-order valence-electron chi connectivity index (χ1n) is 16.9. The number of rotatable bonds is 8. The van der Waals surface area contributed by atoms with E-state index in [1.165, 1.54) is 0 Å². The summed E-state index contributed by atoms with van der Waals surface area (Å²) < 4.78 is 0. The number of nitrogens with one attached hydrogen (secondary N) is 2. The second-order valence-corrected chi connectivity index (χ2v) is 16.5. The van der Waals surface area contributed by atoms with Crippen LogP contribution in [0.3, 0.4) is 0 Å². The van der Waals surface area contributed by atoms with E-state index in [9.17, 15) is 9.59 Å². The van der Waals surface area contributed by atoms with Crippen molar-refractivity contribution in [2.45, 2.75) is 97.9 Å². The van der Waals surface area contributed by atoms with Gasteiger partial charge in [-0.1, -0.05) is 77.4 Å². The van der Waals surface area contributed by atoms with E-state index in [-0.39, 0.29) is 39.9 Å². The fourth-order valence-electron chi connectivity index (χ4n) is 7.44. The first-order valence-corrected chi connectivity index (χ1v) is 17.3. The summed E-state index contributed by atoms with van der Waals surface area (Å²) in [6, 6.07) is 15.5. The van der Waals surface area contributed by atoms with Gasteiger partial charge in [0.05, 0.1) is 12.1 Å². The average Bonchev–Trinajstić information content (AvgIpc) is 3.41. The zero-order chi connectivity index (χ0) is 33.3. The molecule has 0 saturated heterocycles. The topological polar surface area (TPSA) is 86.2 Å². The minimum atomic E-state index is -0.261. The van der Waals surface area contributed by atoms with Crippen LogP contribution in [-0.4, -0.2) is 53.9 Å². The SMILES string of the molecule is CN1CNN=C1CNC(=O)c1ccc(C(CCC(C)(C)C)C2CC3(CCC(C(C)(C)C)CC3)N=C(c3cccc(Cl)c3)C2=O)cc1. The van der Waals surface area contributed by atoms with Gasteiger partial charge in [0.25, 0.3) is 5.91 Å². The average molecular weight is 646 g/mol. The van der Waals surface area contributed by atoms with Gasteiger partial charge in [-0.05, 0) is 97.4 Å². The molecule has 0 aromatic heterocycles. The van der Waals surface area contributed by atoms with Gasteiger partial charge in [0.15, 0.2) is 5.78 Å². The predicted octanol–water partition coefficient (Wildman–Crippen LogP) is 7.84. The molecule has 3 aliphatic rings. The summed E-state index contributed by atoms with van der Waals surface area (Å²) >= 11 is 6.45. The molecule has 1 amide bonds. The van der Waals surface area contributed by atoms with Gasteiger partial charge in [-0.2, -0.15) is 5.10 Å². The number of aliphatic imine (C=N–C) groups is 1. The number of Topliss-reactive ketones (excluding diaryl/α,β-unsaturated/α-hetero) is 1. The number of halogens is 1. The molecule has 248 valence electrons. The number of likely N-dealkylation sites (N-methyl/N-ethyl adjacent to an activating group) is 1. The van der Waals surface area contributed by atoms with Crippen LogP contribution in [0.15, 0.2) is 58.6 Å². The van der Waals surface area contributed by atoms with Crippen LogP contribution < -0.4 is 10.7 Å². The zero-order valence-corrected chi connectivity index (χ0v) is 29.5. The van der Waals surface area contributed by atoms with Gasteiger partial charge in [0.2, 0.25) is 0 Å². The van der Waals surface area contributed by atoms with Gasteiger partial charge in [0.1, 0.15) is 18.2 Å². The lowest BCUT2D eigenvalue weighted by molar-refractivity contribution is -0.119. The summed E-state index contributed by atoms with van der Waals surface area (Å²) in [5.41, 5.74) is 6.14. The molecule has 7 nitrogen and oxygen atoms in total. The van der Waals surface area contributed by atoms with Crippen molar-refractivity contribution >= 4 is 34.8 Å². The van der Waals surface area contributed by atoms with Gasteiger partial charge in [-0.25, -0.2) is 0 Å². The summed E-state index contributed by atoms with van der Waals surface area (Å²) in [6.45, 7) is 14.8. The molecule has 5 rings (SSSR count). The van der Waals surface area contributed by atoms with E-state index in [2.05, 4.69) is 69.5 Å². The van der Waals surface area contributed by atoms with E-state index >= 15 is 0 Å². The third-order valence-corrected chi connectivity index (χ3v) is 10.6. The fourth-order valence-corrected chi connectivity index (χ4v) is 7.63. The molecule has 2 unspecified atom stereocenters. The number of nitrogens with zero attached hydrogens (tertiary/aromatic N) is 3. The Morgan fingerprint density at radius 2 is 1.78 bits per heavy atom. The van der Waals surface area contributed by atoms with Crippen molar-refractivity contribution in [3.05, 3.63) is 70.2 Å². The van der Waals surface area contributed by atoms with Crippen LogP contribution in [0.2, 0.25) is 5.02 Å². The normalized spacial score (nSPS) is 24.3. The molecule has 1 saturated carbocycles. The second-order valence-electron chi connectivity index (χ2n) is 16.1. The second kappa shape index (κ2) is 13.5. The smallest absolute Gasteiger partial charge is 0.251 e. The Kier molecular flexibility index (Phi) is 10.0. The van der Waals surface area contributed by atoms with E-state index < -0.39 is 0 Å². The zero-order valence-electron chi connectivity index (χ0n) is 28.8. The number of hydrogen-bond donors (Lipinski definition) is 2. The summed E-state index contributed by atoms with van der Waals surface area (Å²) in [7, 11) is 1.94. The molecule has 2 heterocycles. The molecule has 2 aliphatic heterocycles. The molecule has 0 radical (unpaired) electrons. The Morgan fingerprint density at radius 1 is 1.09 bits per heavy atom. The maximum Gasteiger partial charge on any atom is 0.251 e. The van der Waals surface area contributed by atoms with E-state index in [4.69, 9.17) is 16.6 Å². The lowest BCUT2D eigenvalue weighted by Gasteiger charge is -2.46. The van der Waals surface area contributed by atoms with Crippen molar-refractivity contribution in [3.8, 4) is 0 Å². The number of amidine groups is 1. The summed E-state index contributed by atoms with van der Waals surface area (Å²) in [5.74, 6) is 1.22. The first kappa shape index (κ1) is 34.2. The van der Waals surface area contributed by atoms with Crippen LogP contribution in [0, 0.1) is 22.7 Å². The van der Waals surface area contributed by atoms with E-state index in [0.29, 0.717) is 35.4 Å². The molecule has 1 fully saturated rings. The van der Waals surface area contributed by atoms with E-state index in [1.54, 1.807) is 0 Å². The maximum absolute atomic E-state index is 14.6. The Morgan fingerprint density at radius 3 is 2.37 bits per heavy atom. The Labute approximate surface area is 280 Å². The molecule has 8 heteroatoms. The largest absolute Gasteiger partial charge is 0.345 e. The predicted molar refractivity (Wildman–Crippen MR) is 189 cm³/mol. The van der Waals surface area contributed by atoms with Gasteiger partial charge in [0, 0.05) is 29.1 Å². The number of hydrogen-bond acceptors (Lipinski definition) is 6. The Balaban J connectivity index is 1.46. The molecule has 46 heavy (non-hydrogen) atoms. The number of amides is 1. The van der Waals surface area contributed by atoms with Crippen LogP contribution in [0.25, 0.3) is 0 Å². The van der Waals surface area contributed by atoms with Crippen molar-refractivity contribution in [2.75, 3.05) is 20.3 Å². The maximum atomic E-state index is 14.6. The highest BCUT2D eigenvalue weighted by atomic mass is 35.5. The van der Waals surface area contributed by atoms with Crippen molar-refractivity contribution in [2.24, 2.45) is 32.8 Å². The van der Waals surface area contributed by atoms with Crippen LogP contribution in [-0.2, 0) is 4.79 Å². The lowest BCUT2D eigenvalue weighted by atomic mass is 9.62. The highest BCUT2D eigenvalue weighted by Gasteiger charge is 2.48. The highest BCUT2D eigenvalue weighted by Crippen LogP contribution is 2.50. The monoisotopic (exact) mass is 645 g/mol. The van der Waals surface area contributed by atoms with E-state index in [0.717, 1.165) is 61.9 Å². The van der Waals surface area contributed by atoms with E-state index in [1.807, 2.05) is 48.3 Å². The third-order valence-electron chi connectivity index (χ3n) is 10.4. The number of hydrazone groups is 1. The van der Waals surface area contributed by atoms with Crippen molar-refractivity contribution in [1.82, 2.24) is 15.6 Å². The van der Waals surface area contributed by atoms with Gasteiger partial charge in [-0.3, -0.25) is 20.0 Å². The molecule has 2 N–H and O–H groups in total. The minimum Gasteiger partial charge on any atom is -0.345 e. The molecule has 2 atom stereocenters. The van der Waals surface area contributed by atoms with Crippen molar-refractivity contribution in [1.29, 1.82) is 0 Å². The first-order chi connectivity index (χ1) is 21.6. The molecular weight excluding hydrogens is 594 g/mol. The third kappa shape index (κ3) is 8.02. The number of carbonyl (C=O) groups is 2. The molecule has 2 aromatic carbocycles. The number of carbonyl (C=O) groups excluding carboxylic acids is 2. The Bertz CT molecular complexity index is 1480. The fraction of sp³-hybridized carbons (Fsp3) is 0.579. The molecule has 2 aromatic rings. The van der Waals surface area contributed by atoms with Crippen LogP contribution >= 0.6 is 11.6 Å². The standard InChI is InChI=1S/C38H52ClN5O2/c1-36(2,3)18-17-30(25-11-13-26(14-12-25)35(46)40-23-32-43-41-24-44(32)7)31-22-38(19-15-28(16-20-38)37(4,5)6)42-33(34(31)45)27-9-8-10-29(39)21-27/h8-14,21,28,30-31,41H,15-20,22-24H2,1-7H3,(H,40,46). The molecule has 0 bridgehead atoms. The van der Waals surface area contributed by atoms with Crippen molar-refractivity contribution in [3.63, 3.8) is 0 Å². The summed E-state index contributed by atoms with van der Waals surface area (Å²) in [4.78, 5) is 34.9. The quantitative estimate of drug-likeness (QED) is 0.306. The van der Waals surface area contributed by atoms with Gasteiger partial charge in [-0.15, -0.1) is 0 Å². The molecular formula is C38H52ClN5O2. The van der Waals surface area contributed by atoms with Crippen LogP contribution in [0.5, 0.6) is 0 Å². The molecule has 1 spiro atoms. The number of ketones is 1. The van der Waals surface area contributed by atoms with Crippen LogP contribution in [0.4, 0.5) is 0 Å². The minimum absolute atomic E-state index is 0.0123. The Hall–Kier alpha value is -3.19.